The summed E-state index contributed by atoms with van der Waals surface area (Å²) in [6, 6.07) is 18.5. The summed E-state index contributed by atoms with van der Waals surface area (Å²) in [5.41, 5.74) is 1.02. The molecule has 45 heavy (non-hydrogen) atoms. The molecule has 0 unspecified atom stereocenters. The van der Waals surface area contributed by atoms with Crippen molar-refractivity contribution in [2.75, 3.05) is 4.90 Å². The van der Waals surface area contributed by atoms with Gasteiger partial charge in [-0.25, -0.2) is 18.5 Å². The summed E-state index contributed by atoms with van der Waals surface area (Å²) in [7, 11) is 0. The number of hydrogen-bond acceptors (Lipinski definition) is 7. The lowest BCUT2D eigenvalue weighted by Gasteiger charge is -2.26. The minimum Gasteiger partial charge on any atom is -0.443 e. The van der Waals surface area contributed by atoms with Gasteiger partial charge in [-0.1, -0.05) is 48.5 Å². The number of halogens is 1. The van der Waals surface area contributed by atoms with Crippen LogP contribution in [0.1, 0.15) is 61.0 Å². The van der Waals surface area contributed by atoms with Crippen LogP contribution in [0.25, 0.3) is 27.9 Å². The fraction of sp³-hybridized carbons (Fsp3) is 0.324. The van der Waals surface area contributed by atoms with Crippen LogP contribution >= 0.6 is 0 Å². The van der Waals surface area contributed by atoms with E-state index in [9.17, 15) is 9.59 Å². The zero-order chi connectivity index (χ0) is 32.7. The molecule has 5 rings (SSSR count). The number of amides is 2. The molecule has 3 aromatic heterocycles. The highest BCUT2D eigenvalue weighted by molar-refractivity contribution is 6.08. The number of pyridine rings is 1. The van der Waals surface area contributed by atoms with Gasteiger partial charge in [-0.05, 0) is 78.6 Å². The van der Waals surface area contributed by atoms with Crippen molar-refractivity contribution in [3.63, 3.8) is 0 Å². The van der Waals surface area contributed by atoms with Crippen molar-refractivity contribution in [2.24, 2.45) is 0 Å². The van der Waals surface area contributed by atoms with Crippen LogP contribution < -0.4 is 4.90 Å². The first kappa shape index (κ1) is 31.4. The average Bonchev–Trinajstić information content (AvgIpc) is 3.59. The van der Waals surface area contributed by atoms with E-state index < -0.39 is 34.7 Å². The van der Waals surface area contributed by atoms with Gasteiger partial charge in [0.05, 0.1) is 11.7 Å². The topological polar surface area (TPSA) is 104 Å². The SMILES string of the molecule is CC(C)(C)OC(=O)N(C(=O)OC(C)(C)C)c1nc2cc(-c3cccc(-c4cnn(C(C)(C)c5ccccc5)c4)c3F)ccn2n1. The van der Waals surface area contributed by atoms with Gasteiger partial charge in [-0.15, -0.1) is 10.00 Å². The maximum Gasteiger partial charge on any atom is 0.427 e. The third-order valence-electron chi connectivity index (χ3n) is 6.93. The first-order chi connectivity index (χ1) is 21.0. The predicted molar refractivity (Wildman–Crippen MR) is 169 cm³/mol. The van der Waals surface area contributed by atoms with E-state index in [0.717, 1.165) is 5.56 Å². The number of ether oxygens (including phenoxy) is 2. The van der Waals surface area contributed by atoms with Gasteiger partial charge in [0.1, 0.15) is 17.0 Å². The molecular weight excluding hydrogens is 575 g/mol. The van der Waals surface area contributed by atoms with Crippen LogP contribution in [0.4, 0.5) is 19.9 Å². The number of benzene rings is 2. The number of aromatic nitrogens is 5. The lowest BCUT2D eigenvalue weighted by atomic mass is 9.94. The van der Waals surface area contributed by atoms with Crippen LogP contribution in [0, 0.1) is 5.82 Å². The molecule has 2 amide bonds. The summed E-state index contributed by atoms with van der Waals surface area (Å²) in [5, 5.41) is 8.88. The Bertz CT molecular complexity index is 1840. The lowest BCUT2D eigenvalue weighted by molar-refractivity contribution is 0.0427. The monoisotopic (exact) mass is 612 g/mol. The normalized spacial score (nSPS) is 12.3. The number of nitrogens with zero attached hydrogens (tertiary/aromatic N) is 6. The third-order valence-corrected chi connectivity index (χ3v) is 6.93. The summed E-state index contributed by atoms with van der Waals surface area (Å²) >= 11 is 0. The molecule has 0 aliphatic carbocycles. The molecule has 0 N–H and O–H groups in total. The van der Waals surface area contributed by atoms with Gasteiger partial charge in [0.2, 0.25) is 0 Å². The molecule has 0 fully saturated rings. The average molecular weight is 613 g/mol. The van der Waals surface area contributed by atoms with E-state index in [2.05, 4.69) is 29.0 Å². The van der Waals surface area contributed by atoms with Crippen molar-refractivity contribution in [3.05, 3.63) is 90.6 Å². The Balaban J connectivity index is 1.49. The number of imide groups is 1. The molecule has 2 aromatic carbocycles. The van der Waals surface area contributed by atoms with E-state index >= 15 is 4.39 Å². The molecule has 0 aliphatic heterocycles. The number of carbonyl (C=O) groups excluding carboxylic acids is 2. The smallest absolute Gasteiger partial charge is 0.427 e. The molecule has 234 valence electrons. The Labute approximate surface area is 261 Å². The fourth-order valence-electron chi connectivity index (χ4n) is 4.71. The van der Waals surface area contributed by atoms with E-state index in [-0.39, 0.29) is 11.6 Å². The highest BCUT2D eigenvalue weighted by Gasteiger charge is 2.35. The Hall–Kier alpha value is -5.06. The highest BCUT2D eigenvalue weighted by Crippen LogP contribution is 2.33. The van der Waals surface area contributed by atoms with Gasteiger partial charge in [-0.3, -0.25) is 4.68 Å². The molecule has 0 radical (unpaired) electrons. The van der Waals surface area contributed by atoms with Crippen molar-refractivity contribution in [2.45, 2.75) is 72.1 Å². The third kappa shape index (κ3) is 6.72. The Morgan fingerprint density at radius 3 is 2.00 bits per heavy atom. The standard InChI is InChI=1S/C34H37FN6O4/c1-32(2,3)44-30(42)41(31(43)45-33(4,5)6)29-37-27-19-22(17-18-39(27)38-29)25-15-12-16-26(28(25)35)23-20-36-40(21-23)34(7,8)24-13-10-9-11-14-24/h9-21H,1-8H3. The second-order valence-corrected chi connectivity index (χ2v) is 13.2. The van der Waals surface area contributed by atoms with E-state index in [1.54, 1.807) is 84.3 Å². The first-order valence-electron chi connectivity index (χ1n) is 14.6. The maximum atomic E-state index is 16.1. The fourth-order valence-corrected chi connectivity index (χ4v) is 4.71. The lowest BCUT2D eigenvalue weighted by Crippen LogP contribution is -2.44. The van der Waals surface area contributed by atoms with Crippen molar-refractivity contribution in [1.29, 1.82) is 0 Å². The maximum absolute atomic E-state index is 16.1. The van der Waals surface area contributed by atoms with Gasteiger partial charge in [0.25, 0.3) is 5.95 Å². The summed E-state index contributed by atoms with van der Waals surface area (Å²) in [5.74, 6) is -0.666. The number of hydrogen-bond donors (Lipinski definition) is 0. The molecular formula is C34H37FN6O4. The van der Waals surface area contributed by atoms with E-state index in [1.165, 1.54) is 4.52 Å². The Morgan fingerprint density at radius 2 is 1.40 bits per heavy atom. The van der Waals surface area contributed by atoms with Crippen molar-refractivity contribution in [3.8, 4) is 22.3 Å². The summed E-state index contributed by atoms with van der Waals surface area (Å²) < 4.78 is 30.2. The van der Waals surface area contributed by atoms with Crippen LogP contribution in [0.2, 0.25) is 0 Å². The molecule has 10 nitrogen and oxygen atoms in total. The largest absolute Gasteiger partial charge is 0.443 e. The van der Waals surface area contributed by atoms with E-state index in [0.29, 0.717) is 27.2 Å². The van der Waals surface area contributed by atoms with Gasteiger partial charge < -0.3 is 9.47 Å². The molecule has 3 heterocycles. The zero-order valence-corrected chi connectivity index (χ0v) is 26.7. The second kappa shape index (κ2) is 11.5. The van der Waals surface area contributed by atoms with Crippen LogP contribution in [0.3, 0.4) is 0 Å². The Morgan fingerprint density at radius 1 is 0.800 bits per heavy atom. The summed E-state index contributed by atoms with van der Waals surface area (Å²) in [4.78, 5) is 31.2. The van der Waals surface area contributed by atoms with Crippen LogP contribution in [0.15, 0.2) is 79.3 Å². The summed E-state index contributed by atoms with van der Waals surface area (Å²) in [6.07, 6.45) is 3.11. The highest BCUT2D eigenvalue weighted by atomic mass is 19.1. The van der Waals surface area contributed by atoms with E-state index in [4.69, 9.17) is 9.47 Å². The number of fused-ring (bicyclic) bond motifs is 1. The molecule has 0 saturated carbocycles. The molecule has 5 aromatic rings. The second-order valence-electron chi connectivity index (χ2n) is 13.2. The Kier molecular flexibility index (Phi) is 7.99. The first-order valence-corrected chi connectivity index (χ1v) is 14.6. The number of carbonyl (C=O) groups is 2. The van der Waals surface area contributed by atoms with Crippen molar-refractivity contribution >= 4 is 23.8 Å². The van der Waals surface area contributed by atoms with Crippen LogP contribution in [-0.2, 0) is 15.0 Å². The van der Waals surface area contributed by atoms with Crippen LogP contribution in [0.5, 0.6) is 0 Å². The van der Waals surface area contributed by atoms with Gasteiger partial charge in [0.15, 0.2) is 5.65 Å². The molecule has 11 heteroatoms. The van der Waals surface area contributed by atoms with Gasteiger partial charge in [0, 0.05) is 29.1 Å². The number of anilines is 1. The molecule has 0 saturated heterocycles. The molecule has 0 spiro atoms. The van der Waals surface area contributed by atoms with E-state index in [1.807, 2.05) is 41.2 Å². The predicted octanol–water partition coefficient (Wildman–Crippen LogP) is 7.86. The van der Waals surface area contributed by atoms with Crippen LogP contribution in [-0.4, -0.2) is 47.8 Å². The molecule has 0 aliphatic rings. The summed E-state index contributed by atoms with van der Waals surface area (Å²) in [6.45, 7) is 14.2. The zero-order valence-electron chi connectivity index (χ0n) is 26.7. The van der Waals surface area contributed by atoms with Crippen molar-refractivity contribution < 1.29 is 23.5 Å². The molecule has 0 atom stereocenters. The quantitative estimate of drug-likeness (QED) is 0.199. The minimum atomic E-state index is -0.984. The molecule has 0 bridgehead atoms. The minimum absolute atomic E-state index is 0.238. The van der Waals surface area contributed by atoms with Gasteiger partial charge >= 0.3 is 12.2 Å². The number of rotatable bonds is 5. The van der Waals surface area contributed by atoms with Gasteiger partial charge in [-0.2, -0.15) is 10.1 Å². The van der Waals surface area contributed by atoms with Crippen molar-refractivity contribution in [1.82, 2.24) is 24.4 Å².